The van der Waals surface area contributed by atoms with Gasteiger partial charge in [0.1, 0.15) is 0 Å². The van der Waals surface area contributed by atoms with Crippen LogP contribution in [0.25, 0.3) is 11.4 Å². The van der Waals surface area contributed by atoms with Gasteiger partial charge in [0, 0.05) is 23.2 Å². The van der Waals surface area contributed by atoms with E-state index in [1.165, 1.54) is 12.8 Å². The number of rotatable bonds is 4. The van der Waals surface area contributed by atoms with E-state index in [2.05, 4.69) is 22.0 Å². The predicted molar refractivity (Wildman–Crippen MR) is 86.4 cm³/mol. The molecular weight excluding hydrogens is 300 g/mol. The van der Waals surface area contributed by atoms with Crippen molar-refractivity contribution < 1.29 is 4.52 Å². The first-order chi connectivity index (χ1) is 10.7. The van der Waals surface area contributed by atoms with Crippen molar-refractivity contribution in [2.45, 2.75) is 32.4 Å². The first-order valence-electron chi connectivity index (χ1n) is 7.70. The molecule has 5 nitrogen and oxygen atoms in total. The van der Waals surface area contributed by atoms with E-state index in [0.717, 1.165) is 12.1 Å². The van der Waals surface area contributed by atoms with Gasteiger partial charge >= 0.3 is 0 Å². The van der Waals surface area contributed by atoms with E-state index in [1.807, 2.05) is 24.3 Å². The molecule has 2 aromatic rings. The van der Waals surface area contributed by atoms with E-state index < -0.39 is 0 Å². The molecule has 3 rings (SSSR count). The van der Waals surface area contributed by atoms with Crippen molar-refractivity contribution in [2.24, 2.45) is 11.7 Å². The van der Waals surface area contributed by atoms with E-state index in [0.29, 0.717) is 41.8 Å². The second-order valence-electron chi connectivity index (χ2n) is 5.91. The molecule has 2 heterocycles. The van der Waals surface area contributed by atoms with Gasteiger partial charge in [0.05, 0.1) is 6.54 Å². The second kappa shape index (κ2) is 6.77. The van der Waals surface area contributed by atoms with Gasteiger partial charge in [-0.1, -0.05) is 23.7 Å². The van der Waals surface area contributed by atoms with Crippen LogP contribution >= 0.6 is 11.6 Å². The highest BCUT2D eigenvalue weighted by atomic mass is 35.5. The Kier molecular flexibility index (Phi) is 4.76. The maximum Gasteiger partial charge on any atom is 0.241 e. The lowest BCUT2D eigenvalue weighted by molar-refractivity contribution is 0.0874. The van der Waals surface area contributed by atoms with Crippen molar-refractivity contribution >= 4 is 11.6 Å². The van der Waals surface area contributed by atoms with Gasteiger partial charge in [-0.15, -0.1) is 0 Å². The van der Waals surface area contributed by atoms with E-state index in [-0.39, 0.29) is 0 Å². The minimum absolute atomic E-state index is 0.389. The molecular formula is C16H21ClN4O. The minimum atomic E-state index is 0.389. The highest BCUT2D eigenvalue weighted by Gasteiger charge is 2.28. The van der Waals surface area contributed by atoms with Crippen LogP contribution in [-0.2, 0) is 6.54 Å². The number of hydrogen-bond acceptors (Lipinski definition) is 5. The second-order valence-corrected chi connectivity index (χ2v) is 6.35. The lowest BCUT2D eigenvalue weighted by Gasteiger charge is -2.38. The number of nitrogens with two attached hydrogens (primary N) is 1. The summed E-state index contributed by atoms with van der Waals surface area (Å²) in [5, 5.41) is 4.76. The molecule has 1 saturated heterocycles. The Labute approximate surface area is 135 Å². The molecule has 0 aliphatic carbocycles. The molecule has 0 amide bonds. The fourth-order valence-electron chi connectivity index (χ4n) is 3.12. The molecule has 0 radical (unpaired) electrons. The average Bonchev–Trinajstić information content (AvgIpc) is 2.97. The summed E-state index contributed by atoms with van der Waals surface area (Å²) >= 11 is 5.90. The zero-order valence-corrected chi connectivity index (χ0v) is 13.5. The normalized spacial score (nSPS) is 22.9. The standard InChI is InChI=1S/C16H21ClN4O/c1-11-3-2-8-21(14(11)9-18)10-15-19-16(20-22-15)12-4-6-13(17)7-5-12/h4-7,11,14H,2-3,8-10,18H2,1H3. The first kappa shape index (κ1) is 15.5. The summed E-state index contributed by atoms with van der Waals surface area (Å²) in [5.41, 5.74) is 6.83. The van der Waals surface area contributed by atoms with Gasteiger partial charge in [0.25, 0.3) is 0 Å². The largest absolute Gasteiger partial charge is 0.338 e. The van der Waals surface area contributed by atoms with Crippen molar-refractivity contribution in [3.8, 4) is 11.4 Å². The van der Waals surface area contributed by atoms with Crippen molar-refractivity contribution in [2.75, 3.05) is 13.1 Å². The summed E-state index contributed by atoms with van der Waals surface area (Å²) in [7, 11) is 0. The molecule has 2 atom stereocenters. The number of nitrogens with zero attached hydrogens (tertiary/aromatic N) is 3. The van der Waals surface area contributed by atoms with Gasteiger partial charge in [-0.3, -0.25) is 4.90 Å². The van der Waals surface area contributed by atoms with Crippen LogP contribution < -0.4 is 5.73 Å². The molecule has 1 aromatic carbocycles. The smallest absolute Gasteiger partial charge is 0.241 e. The quantitative estimate of drug-likeness (QED) is 0.938. The molecule has 2 unspecified atom stereocenters. The highest BCUT2D eigenvalue weighted by molar-refractivity contribution is 6.30. The summed E-state index contributed by atoms with van der Waals surface area (Å²) in [6, 6.07) is 7.82. The predicted octanol–water partition coefficient (Wildman–Crippen LogP) is 2.95. The Morgan fingerprint density at radius 2 is 2.14 bits per heavy atom. The molecule has 1 aliphatic rings. The van der Waals surface area contributed by atoms with Gasteiger partial charge in [0.15, 0.2) is 0 Å². The summed E-state index contributed by atoms with van der Waals surface area (Å²) < 4.78 is 5.40. The molecule has 1 aliphatic heterocycles. The summed E-state index contributed by atoms with van der Waals surface area (Å²) in [6.45, 7) is 4.62. The maximum atomic E-state index is 5.93. The van der Waals surface area contributed by atoms with Crippen molar-refractivity contribution in [3.63, 3.8) is 0 Å². The molecule has 2 N–H and O–H groups in total. The Hall–Kier alpha value is -1.43. The Balaban J connectivity index is 1.72. The number of benzene rings is 1. The fourth-order valence-corrected chi connectivity index (χ4v) is 3.25. The third kappa shape index (κ3) is 3.32. The van der Waals surface area contributed by atoms with Crippen molar-refractivity contribution in [1.29, 1.82) is 0 Å². The number of likely N-dealkylation sites (tertiary alicyclic amines) is 1. The van der Waals surface area contributed by atoms with E-state index >= 15 is 0 Å². The third-order valence-electron chi connectivity index (χ3n) is 4.38. The molecule has 6 heteroatoms. The van der Waals surface area contributed by atoms with Crippen LogP contribution in [0.3, 0.4) is 0 Å². The summed E-state index contributed by atoms with van der Waals surface area (Å²) in [5.74, 6) is 1.84. The van der Waals surface area contributed by atoms with Gasteiger partial charge in [0.2, 0.25) is 11.7 Å². The number of piperidine rings is 1. The third-order valence-corrected chi connectivity index (χ3v) is 4.63. The average molecular weight is 321 g/mol. The maximum absolute atomic E-state index is 5.93. The van der Waals surface area contributed by atoms with Crippen LogP contribution in [0.15, 0.2) is 28.8 Å². The fraction of sp³-hybridized carbons (Fsp3) is 0.500. The monoisotopic (exact) mass is 320 g/mol. The zero-order valence-electron chi connectivity index (χ0n) is 12.7. The van der Waals surface area contributed by atoms with Crippen LogP contribution in [-0.4, -0.2) is 34.2 Å². The highest BCUT2D eigenvalue weighted by Crippen LogP contribution is 2.25. The van der Waals surface area contributed by atoms with E-state index in [4.69, 9.17) is 21.9 Å². The van der Waals surface area contributed by atoms with Crippen molar-refractivity contribution in [3.05, 3.63) is 35.2 Å². The van der Waals surface area contributed by atoms with Crippen LogP contribution in [0.5, 0.6) is 0 Å². The summed E-state index contributed by atoms with van der Waals surface area (Å²) in [4.78, 5) is 6.85. The van der Waals surface area contributed by atoms with Gasteiger partial charge in [-0.25, -0.2) is 0 Å². The number of aromatic nitrogens is 2. The molecule has 1 fully saturated rings. The van der Waals surface area contributed by atoms with Gasteiger partial charge < -0.3 is 10.3 Å². The number of hydrogen-bond donors (Lipinski definition) is 1. The topological polar surface area (TPSA) is 68.2 Å². The Morgan fingerprint density at radius 1 is 1.36 bits per heavy atom. The van der Waals surface area contributed by atoms with Crippen LogP contribution in [0.1, 0.15) is 25.7 Å². The number of halogens is 1. The van der Waals surface area contributed by atoms with Gasteiger partial charge in [-0.2, -0.15) is 4.98 Å². The lowest BCUT2D eigenvalue weighted by Crippen LogP contribution is -2.48. The van der Waals surface area contributed by atoms with Crippen LogP contribution in [0.4, 0.5) is 0 Å². The minimum Gasteiger partial charge on any atom is -0.338 e. The summed E-state index contributed by atoms with van der Waals surface area (Å²) in [6.07, 6.45) is 2.42. The molecule has 0 saturated carbocycles. The Bertz CT molecular complexity index is 613. The molecule has 0 bridgehead atoms. The molecule has 22 heavy (non-hydrogen) atoms. The Morgan fingerprint density at radius 3 is 2.86 bits per heavy atom. The van der Waals surface area contributed by atoms with Crippen LogP contribution in [0, 0.1) is 5.92 Å². The molecule has 118 valence electrons. The lowest BCUT2D eigenvalue weighted by atomic mass is 9.91. The van der Waals surface area contributed by atoms with E-state index in [9.17, 15) is 0 Å². The van der Waals surface area contributed by atoms with Gasteiger partial charge in [-0.05, 0) is 49.6 Å². The van der Waals surface area contributed by atoms with Crippen LogP contribution in [0.2, 0.25) is 5.02 Å². The molecule has 1 aromatic heterocycles. The zero-order chi connectivity index (χ0) is 15.5. The van der Waals surface area contributed by atoms with E-state index in [1.54, 1.807) is 0 Å². The van der Waals surface area contributed by atoms with Crippen molar-refractivity contribution in [1.82, 2.24) is 15.0 Å². The SMILES string of the molecule is CC1CCCN(Cc2nc(-c3ccc(Cl)cc3)no2)C1CN. The first-order valence-corrected chi connectivity index (χ1v) is 8.08. The molecule has 0 spiro atoms.